The Hall–Kier alpha value is -2.44. The molecule has 1 fully saturated rings. The normalized spacial score (nSPS) is 16.9. The molecule has 0 amide bonds. The van der Waals surface area contributed by atoms with E-state index in [2.05, 4.69) is 39.2 Å². The Labute approximate surface area is 159 Å². The molecule has 0 spiro atoms. The molecule has 142 valence electrons. The summed E-state index contributed by atoms with van der Waals surface area (Å²) in [4.78, 5) is 6.69. The van der Waals surface area contributed by atoms with Crippen molar-refractivity contribution < 1.29 is 5.11 Å². The molecule has 2 aromatic heterocycles. The van der Waals surface area contributed by atoms with Crippen molar-refractivity contribution in [3.05, 3.63) is 48.0 Å². The molecule has 0 saturated carbocycles. The Kier molecular flexibility index (Phi) is 4.61. The highest BCUT2D eigenvalue weighted by Crippen LogP contribution is 2.28. The van der Waals surface area contributed by atoms with Crippen LogP contribution in [0.3, 0.4) is 0 Å². The molecule has 0 bridgehead atoms. The fourth-order valence-corrected chi connectivity index (χ4v) is 3.98. The van der Waals surface area contributed by atoms with E-state index >= 15 is 0 Å². The topological polar surface area (TPSA) is 79.7 Å². The average Bonchev–Trinajstić information content (AvgIpc) is 3.02. The predicted octanol–water partition coefficient (Wildman–Crippen LogP) is 2.96. The standard InChI is InChI=1S/C21H27N5O/c1-21(2,27)17-10-12-25(13-11-17)14-15-6-8-16(9-7-15)18-4-3-5-19-23-20(22)24-26(18)19/h3-9,17,27H,10-14H2,1-2H3,(H2,22,24). The van der Waals surface area contributed by atoms with Crippen molar-refractivity contribution in [1.82, 2.24) is 19.5 Å². The van der Waals surface area contributed by atoms with Crippen LogP contribution in [0.2, 0.25) is 0 Å². The highest BCUT2D eigenvalue weighted by molar-refractivity contribution is 5.63. The summed E-state index contributed by atoms with van der Waals surface area (Å²) in [7, 11) is 0. The zero-order valence-corrected chi connectivity index (χ0v) is 16.0. The van der Waals surface area contributed by atoms with E-state index in [1.54, 1.807) is 4.52 Å². The van der Waals surface area contributed by atoms with Crippen molar-refractivity contribution in [2.45, 2.75) is 38.8 Å². The van der Waals surface area contributed by atoms with E-state index in [1.165, 1.54) is 5.56 Å². The summed E-state index contributed by atoms with van der Waals surface area (Å²) >= 11 is 0. The van der Waals surface area contributed by atoms with Gasteiger partial charge in [-0.05, 0) is 63.4 Å². The van der Waals surface area contributed by atoms with Crippen LogP contribution in [0.5, 0.6) is 0 Å². The number of nitrogens with zero attached hydrogens (tertiary/aromatic N) is 4. The predicted molar refractivity (Wildman–Crippen MR) is 107 cm³/mol. The molecule has 1 aliphatic rings. The fraction of sp³-hybridized carbons (Fsp3) is 0.429. The number of aliphatic hydroxyl groups is 1. The van der Waals surface area contributed by atoms with E-state index in [0.717, 1.165) is 49.4 Å². The molecule has 1 saturated heterocycles. The third-order valence-electron chi connectivity index (χ3n) is 5.62. The quantitative estimate of drug-likeness (QED) is 0.743. The number of rotatable bonds is 4. The summed E-state index contributed by atoms with van der Waals surface area (Å²) in [6.45, 7) is 6.87. The molecule has 1 aliphatic heterocycles. The lowest BCUT2D eigenvalue weighted by Crippen LogP contribution is -2.41. The zero-order valence-electron chi connectivity index (χ0n) is 16.0. The van der Waals surface area contributed by atoms with Gasteiger partial charge >= 0.3 is 0 Å². The third-order valence-corrected chi connectivity index (χ3v) is 5.62. The van der Waals surface area contributed by atoms with Gasteiger partial charge in [-0.15, -0.1) is 5.10 Å². The minimum absolute atomic E-state index is 0.286. The van der Waals surface area contributed by atoms with E-state index in [-0.39, 0.29) is 5.95 Å². The molecule has 0 aliphatic carbocycles. The second-order valence-corrected chi connectivity index (χ2v) is 8.05. The van der Waals surface area contributed by atoms with Gasteiger partial charge in [-0.1, -0.05) is 30.3 Å². The second kappa shape index (κ2) is 6.94. The second-order valence-electron chi connectivity index (χ2n) is 8.05. The molecule has 0 atom stereocenters. The van der Waals surface area contributed by atoms with E-state index in [4.69, 9.17) is 5.73 Å². The van der Waals surface area contributed by atoms with Gasteiger partial charge in [0.15, 0.2) is 5.65 Å². The molecule has 3 heterocycles. The number of hydrogen-bond acceptors (Lipinski definition) is 5. The molecule has 4 rings (SSSR count). The Bertz CT molecular complexity index is 918. The van der Waals surface area contributed by atoms with Gasteiger partial charge in [0.05, 0.1) is 11.3 Å². The summed E-state index contributed by atoms with van der Waals surface area (Å²) in [5.41, 5.74) is 9.29. The summed E-state index contributed by atoms with van der Waals surface area (Å²) in [5.74, 6) is 0.681. The van der Waals surface area contributed by atoms with E-state index in [1.807, 2.05) is 32.0 Å². The van der Waals surface area contributed by atoms with Crippen molar-refractivity contribution in [2.24, 2.45) is 5.92 Å². The SMILES string of the molecule is CC(C)(O)C1CCN(Cc2ccc(-c3cccc4nc(N)nn34)cc2)CC1. The number of likely N-dealkylation sites (tertiary alicyclic amines) is 1. The first-order valence-corrected chi connectivity index (χ1v) is 9.55. The van der Waals surface area contributed by atoms with Crippen molar-refractivity contribution in [2.75, 3.05) is 18.8 Å². The summed E-state index contributed by atoms with van der Waals surface area (Å²) in [6.07, 6.45) is 2.11. The zero-order chi connectivity index (χ0) is 19.0. The Morgan fingerprint density at radius 3 is 2.48 bits per heavy atom. The molecular formula is C21H27N5O. The number of aromatic nitrogens is 3. The van der Waals surface area contributed by atoms with Crippen LogP contribution in [0.4, 0.5) is 5.95 Å². The largest absolute Gasteiger partial charge is 0.390 e. The molecule has 27 heavy (non-hydrogen) atoms. The average molecular weight is 365 g/mol. The maximum atomic E-state index is 10.2. The van der Waals surface area contributed by atoms with Gasteiger partial charge in [-0.3, -0.25) is 4.90 Å². The number of benzene rings is 1. The van der Waals surface area contributed by atoms with Crippen molar-refractivity contribution in [3.8, 4) is 11.3 Å². The van der Waals surface area contributed by atoms with Crippen LogP contribution >= 0.6 is 0 Å². The number of pyridine rings is 1. The molecule has 0 unspecified atom stereocenters. The number of anilines is 1. The number of piperidine rings is 1. The molecule has 0 radical (unpaired) electrons. The van der Waals surface area contributed by atoms with Gasteiger partial charge in [-0.2, -0.15) is 4.98 Å². The Morgan fingerprint density at radius 1 is 1.11 bits per heavy atom. The number of nitrogens with two attached hydrogens (primary N) is 1. The van der Waals surface area contributed by atoms with E-state index in [0.29, 0.717) is 5.92 Å². The first-order valence-electron chi connectivity index (χ1n) is 9.55. The highest BCUT2D eigenvalue weighted by Gasteiger charge is 2.30. The maximum Gasteiger partial charge on any atom is 0.240 e. The lowest BCUT2D eigenvalue weighted by Gasteiger charge is -2.37. The first-order chi connectivity index (χ1) is 12.9. The lowest BCUT2D eigenvalue weighted by atomic mass is 9.83. The van der Waals surface area contributed by atoms with Crippen molar-refractivity contribution in [1.29, 1.82) is 0 Å². The van der Waals surface area contributed by atoms with Crippen molar-refractivity contribution >= 4 is 11.6 Å². The van der Waals surface area contributed by atoms with Crippen LogP contribution in [0.15, 0.2) is 42.5 Å². The van der Waals surface area contributed by atoms with Gasteiger partial charge in [-0.25, -0.2) is 4.52 Å². The van der Waals surface area contributed by atoms with Crippen LogP contribution < -0.4 is 5.73 Å². The lowest BCUT2D eigenvalue weighted by molar-refractivity contribution is -0.0136. The molecule has 3 N–H and O–H groups in total. The van der Waals surface area contributed by atoms with Crippen LogP contribution in [0.1, 0.15) is 32.3 Å². The van der Waals surface area contributed by atoms with Gasteiger partial charge < -0.3 is 10.8 Å². The third kappa shape index (κ3) is 3.82. The number of hydrogen-bond donors (Lipinski definition) is 2. The first kappa shape index (κ1) is 17.9. The Balaban J connectivity index is 1.45. The minimum Gasteiger partial charge on any atom is -0.390 e. The maximum absolute atomic E-state index is 10.2. The number of fused-ring (bicyclic) bond motifs is 1. The van der Waals surface area contributed by atoms with Crippen LogP contribution in [0.25, 0.3) is 16.9 Å². The minimum atomic E-state index is -0.570. The fourth-order valence-electron chi connectivity index (χ4n) is 3.98. The summed E-state index contributed by atoms with van der Waals surface area (Å²) in [5, 5.41) is 14.5. The van der Waals surface area contributed by atoms with Crippen LogP contribution in [-0.4, -0.2) is 43.3 Å². The molecule has 1 aromatic carbocycles. The highest BCUT2D eigenvalue weighted by atomic mass is 16.3. The van der Waals surface area contributed by atoms with Gasteiger partial charge in [0.2, 0.25) is 5.95 Å². The van der Waals surface area contributed by atoms with Crippen LogP contribution in [-0.2, 0) is 6.54 Å². The summed E-state index contributed by atoms with van der Waals surface area (Å²) < 4.78 is 1.78. The Morgan fingerprint density at radius 2 is 1.81 bits per heavy atom. The molecule has 6 nitrogen and oxygen atoms in total. The van der Waals surface area contributed by atoms with Crippen molar-refractivity contribution in [3.63, 3.8) is 0 Å². The molecular weight excluding hydrogens is 338 g/mol. The van der Waals surface area contributed by atoms with E-state index in [9.17, 15) is 5.11 Å². The number of nitrogen functional groups attached to an aromatic ring is 1. The monoisotopic (exact) mass is 365 g/mol. The molecule has 6 heteroatoms. The van der Waals surface area contributed by atoms with Gasteiger partial charge in [0, 0.05) is 12.1 Å². The van der Waals surface area contributed by atoms with E-state index < -0.39 is 5.60 Å². The van der Waals surface area contributed by atoms with Gasteiger partial charge in [0.1, 0.15) is 0 Å². The van der Waals surface area contributed by atoms with Crippen LogP contribution in [0, 0.1) is 5.92 Å². The molecule has 3 aromatic rings. The smallest absolute Gasteiger partial charge is 0.240 e. The summed E-state index contributed by atoms with van der Waals surface area (Å²) in [6, 6.07) is 14.5. The van der Waals surface area contributed by atoms with Gasteiger partial charge in [0.25, 0.3) is 0 Å².